The van der Waals surface area contributed by atoms with Gasteiger partial charge in [-0.25, -0.2) is 9.78 Å². The van der Waals surface area contributed by atoms with Crippen molar-refractivity contribution in [3.05, 3.63) is 33.1 Å². The van der Waals surface area contributed by atoms with Crippen LogP contribution in [0.5, 0.6) is 0 Å². The van der Waals surface area contributed by atoms with Crippen molar-refractivity contribution in [3.8, 4) is 0 Å². The number of pyridine rings is 1. The summed E-state index contributed by atoms with van der Waals surface area (Å²) < 4.78 is 2.31. The van der Waals surface area contributed by atoms with Gasteiger partial charge in [-0.3, -0.25) is 18.7 Å². The van der Waals surface area contributed by atoms with Crippen molar-refractivity contribution < 1.29 is 4.79 Å². The fourth-order valence-electron chi connectivity index (χ4n) is 3.20. The summed E-state index contributed by atoms with van der Waals surface area (Å²) in [5.74, 6) is -0.259. The highest BCUT2D eigenvalue weighted by Crippen LogP contribution is 2.27. The molecule has 2 aromatic heterocycles. The molecule has 144 valence electrons. The lowest BCUT2D eigenvalue weighted by Gasteiger charge is -2.31. The summed E-state index contributed by atoms with van der Waals surface area (Å²) in [5, 5.41) is 3.03. The van der Waals surface area contributed by atoms with Gasteiger partial charge in [-0.2, -0.15) is 0 Å². The van der Waals surface area contributed by atoms with Crippen molar-refractivity contribution in [1.82, 2.24) is 14.1 Å². The minimum absolute atomic E-state index is 0. The van der Waals surface area contributed by atoms with E-state index in [1.165, 1.54) is 23.9 Å². The highest BCUT2D eigenvalue weighted by molar-refractivity contribution is 5.98. The first-order valence-electron chi connectivity index (χ1n) is 7.99. The molecular weight excluding hydrogens is 381 g/mol. The predicted molar refractivity (Wildman–Crippen MR) is 105 cm³/mol. The number of rotatable bonds is 2. The summed E-state index contributed by atoms with van der Waals surface area (Å²) in [6.45, 7) is 0. The van der Waals surface area contributed by atoms with E-state index in [9.17, 15) is 14.4 Å². The van der Waals surface area contributed by atoms with E-state index in [0.29, 0.717) is 18.5 Å². The molecule has 8 nitrogen and oxygen atoms in total. The van der Waals surface area contributed by atoms with E-state index in [-0.39, 0.29) is 41.8 Å². The first-order valence-corrected chi connectivity index (χ1v) is 7.99. The molecule has 0 bridgehead atoms. The third-order valence-electron chi connectivity index (χ3n) is 4.75. The van der Waals surface area contributed by atoms with Gasteiger partial charge in [-0.15, -0.1) is 24.8 Å². The van der Waals surface area contributed by atoms with Crippen molar-refractivity contribution in [2.45, 2.75) is 37.6 Å². The molecule has 0 saturated heterocycles. The van der Waals surface area contributed by atoms with Gasteiger partial charge in [0, 0.05) is 14.1 Å². The van der Waals surface area contributed by atoms with Crippen molar-refractivity contribution in [1.29, 1.82) is 0 Å². The lowest BCUT2D eigenvalue weighted by atomic mass is 9.82. The van der Waals surface area contributed by atoms with Crippen LogP contribution in [0.4, 0.5) is 5.69 Å². The Labute approximate surface area is 162 Å². The Morgan fingerprint density at radius 2 is 1.77 bits per heavy atom. The zero-order chi connectivity index (χ0) is 17.5. The molecule has 3 rings (SSSR count). The fraction of sp³-hybridized carbons (Fsp3) is 0.500. The Morgan fingerprint density at radius 1 is 1.15 bits per heavy atom. The van der Waals surface area contributed by atoms with Gasteiger partial charge in [-0.1, -0.05) is 19.3 Å². The Bertz CT molecular complexity index is 932. The summed E-state index contributed by atoms with van der Waals surface area (Å²) in [7, 11) is 2.96. The molecule has 3 N–H and O–H groups in total. The molecule has 0 spiro atoms. The monoisotopic (exact) mass is 403 g/mol. The number of aromatic nitrogens is 3. The van der Waals surface area contributed by atoms with Gasteiger partial charge in [0.1, 0.15) is 5.65 Å². The van der Waals surface area contributed by atoms with Crippen LogP contribution in [0, 0.1) is 0 Å². The highest BCUT2D eigenvalue weighted by Gasteiger charge is 2.35. The van der Waals surface area contributed by atoms with Crippen LogP contribution < -0.4 is 22.3 Å². The van der Waals surface area contributed by atoms with Crippen LogP contribution >= 0.6 is 24.8 Å². The first-order chi connectivity index (χ1) is 11.3. The number of halogens is 2. The number of hydrogen-bond acceptors (Lipinski definition) is 5. The van der Waals surface area contributed by atoms with Gasteiger partial charge in [0.2, 0.25) is 5.91 Å². The van der Waals surface area contributed by atoms with Crippen LogP contribution in [-0.2, 0) is 18.9 Å². The summed E-state index contributed by atoms with van der Waals surface area (Å²) >= 11 is 0. The summed E-state index contributed by atoms with van der Waals surface area (Å²) in [4.78, 5) is 40.8. The molecule has 26 heavy (non-hydrogen) atoms. The maximum Gasteiger partial charge on any atom is 0.332 e. The van der Waals surface area contributed by atoms with Crippen molar-refractivity contribution in [2.24, 2.45) is 19.8 Å². The Kier molecular flexibility index (Phi) is 6.98. The first kappa shape index (κ1) is 22.1. The molecule has 1 fully saturated rings. The van der Waals surface area contributed by atoms with Crippen LogP contribution in [0.15, 0.2) is 21.9 Å². The Balaban J connectivity index is 0.00000169. The van der Waals surface area contributed by atoms with E-state index >= 15 is 0 Å². The van der Waals surface area contributed by atoms with Crippen LogP contribution in [0.2, 0.25) is 0 Å². The molecule has 1 amide bonds. The van der Waals surface area contributed by atoms with Gasteiger partial charge in [0.05, 0.1) is 22.8 Å². The number of hydrogen-bond donors (Lipinski definition) is 2. The second-order valence-corrected chi connectivity index (χ2v) is 6.47. The average molecular weight is 404 g/mol. The number of fused-ring (bicyclic) bond motifs is 1. The van der Waals surface area contributed by atoms with E-state index in [1.54, 1.807) is 7.05 Å². The molecule has 1 aliphatic rings. The Hall–Kier alpha value is -1.90. The summed E-state index contributed by atoms with van der Waals surface area (Å²) in [6, 6.07) is 1.54. The predicted octanol–water partition coefficient (Wildman–Crippen LogP) is 1.08. The maximum absolute atomic E-state index is 12.5. The van der Waals surface area contributed by atoms with E-state index in [4.69, 9.17) is 5.73 Å². The SMILES string of the molecule is Cl.Cl.Cn1c(=O)c2cc(NC(=O)C3(N)CCCCC3)cnc2n(C)c1=O. The number of nitrogens with two attached hydrogens (primary N) is 1. The maximum atomic E-state index is 12.5. The largest absolute Gasteiger partial charge is 0.332 e. The van der Waals surface area contributed by atoms with Crippen LogP contribution in [0.1, 0.15) is 32.1 Å². The normalized spacial score (nSPS) is 15.7. The number of nitrogens with one attached hydrogen (secondary N) is 1. The second kappa shape index (κ2) is 8.20. The molecule has 1 saturated carbocycles. The van der Waals surface area contributed by atoms with E-state index < -0.39 is 16.8 Å². The van der Waals surface area contributed by atoms with E-state index in [2.05, 4.69) is 10.3 Å². The van der Waals surface area contributed by atoms with Gasteiger partial charge >= 0.3 is 5.69 Å². The van der Waals surface area contributed by atoms with Crippen molar-refractivity contribution >= 4 is 47.4 Å². The Morgan fingerprint density at radius 3 is 2.38 bits per heavy atom. The topological polar surface area (TPSA) is 112 Å². The van der Waals surface area contributed by atoms with E-state index in [0.717, 1.165) is 23.8 Å². The fourth-order valence-corrected chi connectivity index (χ4v) is 3.20. The van der Waals surface area contributed by atoms with Gasteiger partial charge in [0.25, 0.3) is 5.56 Å². The summed E-state index contributed by atoms with van der Waals surface area (Å²) in [6.07, 6.45) is 5.69. The van der Waals surface area contributed by atoms with Crippen LogP contribution in [-0.4, -0.2) is 25.6 Å². The van der Waals surface area contributed by atoms with Crippen LogP contribution in [0.25, 0.3) is 11.0 Å². The number of carbonyl (C=O) groups excluding carboxylic acids is 1. The zero-order valence-electron chi connectivity index (χ0n) is 14.7. The number of anilines is 1. The molecule has 2 aromatic rings. The molecule has 0 unspecified atom stereocenters. The zero-order valence-corrected chi connectivity index (χ0v) is 16.3. The highest BCUT2D eigenvalue weighted by atomic mass is 35.5. The molecule has 2 heterocycles. The third kappa shape index (κ3) is 3.77. The lowest BCUT2D eigenvalue weighted by Crippen LogP contribution is -2.52. The molecule has 0 aliphatic heterocycles. The van der Waals surface area contributed by atoms with Crippen LogP contribution in [0.3, 0.4) is 0 Å². The smallest absolute Gasteiger partial charge is 0.323 e. The van der Waals surface area contributed by atoms with Crippen molar-refractivity contribution in [2.75, 3.05) is 5.32 Å². The standard InChI is InChI=1S/C16H21N5O3.2ClH/c1-20-12-11(13(22)21(2)15(20)24)8-10(9-18-12)19-14(23)16(17)6-4-3-5-7-16;;/h8-9H,3-7,17H2,1-2H3,(H,19,23);2*1H. The number of nitrogens with zero attached hydrogens (tertiary/aromatic N) is 3. The molecule has 0 aromatic carbocycles. The average Bonchev–Trinajstić information content (AvgIpc) is 2.58. The molecular formula is C16H23Cl2N5O3. The molecule has 1 aliphatic carbocycles. The molecule has 0 radical (unpaired) electrons. The van der Waals surface area contributed by atoms with E-state index in [1.807, 2.05) is 0 Å². The quantitative estimate of drug-likeness (QED) is 0.778. The molecule has 10 heteroatoms. The minimum Gasteiger partial charge on any atom is -0.323 e. The number of aryl methyl sites for hydroxylation is 1. The van der Waals surface area contributed by atoms with Gasteiger partial charge in [0.15, 0.2) is 0 Å². The summed E-state index contributed by atoms with van der Waals surface area (Å²) in [5.41, 5.74) is 5.13. The minimum atomic E-state index is -0.873. The molecule has 0 atom stereocenters. The number of amides is 1. The van der Waals surface area contributed by atoms with Crippen molar-refractivity contribution in [3.63, 3.8) is 0 Å². The lowest BCUT2D eigenvalue weighted by molar-refractivity contribution is -0.122. The van der Waals surface area contributed by atoms with Gasteiger partial charge < -0.3 is 11.1 Å². The number of carbonyl (C=O) groups is 1. The second-order valence-electron chi connectivity index (χ2n) is 6.47. The van der Waals surface area contributed by atoms with Gasteiger partial charge in [-0.05, 0) is 18.9 Å². The third-order valence-corrected chi connectivity index (χ3v) is 4.75.